The van der Waals surface area contributed by atoms with E-state index in [9.17, 15) is 0 Å². The van der Waals surface area contributed by atoms with Crippen LogP contribution in [0.5, 0.6) is 0 Å². The largest absolute Gasteiger partial charge is 0.381 e. The van der Waals surface area contributed by atoms with Crippen molar-refractivity contribution in [2.24, 2.45) is 0 Å². The Morgan fingerprint density at radius 2 is 1.60 bits per heavy atom. The number of halogens is 1. The van der Waals surface area contributed by atoms with Gasteiger partial charge in [0, 0.05) is 22.8 Å². The normalized spacial score (nSPS) is 15.4. The number of nitrogens with one attached hydrogen (secondary N) is 1. The van der Waals surface area contributed by atoms with Gasteiger partial charge in [0.15, 0.2) is 6.29 Å². The minimum atomic E-state index is -0.201. The molecule has 4 heteroatoms. The van der Waals surface area contributed by atoms with Crippen molar-refractivity contribution in [1.82, 2.24) is 0 Å². The van der Waals surface area contributed by atoms with Gasteiger partial charge in [-0.1, -0.05) is 35.9 Å². The van der Waals surface area contributed by atoms with Gasteiger partial charge in [-0.3, -0.25) is 0 Å². The van der Waals surface area contributed by atoms with Crippen LogP contribution in [-0.4, -0.2) is 13.2 Å². The predicted octanol–water partition coefficient (Wildman–Crippen LogP) is 4.00. The standard InChI is InChI=1S/C16H16ClNO2/c17-14-5-7-15(8-6-14)18-11-12-1-3-13(4-2-12)16-19-9-10-20-16/h1-8,16,18H,9-11H2. The van der Waals surface area contributed by atoms with Gasteiger partial charge in [0.25, 0.3) is 0 Å². The van der Waals surface area contributed by atoms with Crippen molar-refractivity contribution < 1.29 is 9.47 Å². The van der Waals surface area contributed by atoms with Crippen LogP contribution in [0.25, 0.3) is 0 Å². The molecule has 1 saturated heterocycles. The highest BCUT2D eigenvalue weighted by molar-refractivity contribution is 6.30. The number of rotatable bonds is 4. The van der Waals surface area contributed by atoms with E-state index in [1.807, 2.05) is 24.3 Å². The molecule has 1 aliphatic heterocycles. The second-order valence-electron chi connectivity index (χ2n) is 4.68. The molecule has 0 bridgehead atoms. The summed E-state index contributed by atoms with van der Waals surface area (Å²) in [5, 5.41) is 4.10. The molecule has 0 spiro atoms. The van der Waals surface area contributed by atoms with E-state index in [2.05, 4.69) is 29.6 Å². The van der Waals surface area contributed by atoms with E-state index in [0.717, 1.165) is 22.8 Å². The number of anilines is 1. The molecule has 0 aliphatic carbocycles. The first-order chi connectivity index (χ1) is 9.81. The second kappa shape index (κ2) is 6.27. The van der Waals surface area contributed by atoms with E-state index < -0.39 is 0 Å². The Kier molecular flexibility index (Phi) is 4.21. The van der Waals surface area contributed by atoms with E-state index in [-0.39, 0.29) is 6.29 Å². The number of hydrogen-bond donors (Lipinski definition) is 1. The molecule has 1 fully saturated rings. The molecule has 2 aromatic rings. The second-order valence-corrected chi connectivity index (χ2v) is 5.11. The van der Waals surface area contributed by atoms with Crippen molar-refractivity contribution in [2.75, 3.05) is 18.5 Å². The molecule has 3 nitrogen and oxygen atoms in total. The summed E-state index contributed by atoms with van der Waals surface area (Å²) in [6.45, 7) is 2.11. The summed E-state index contributed by atoms with van der Waals surface area (Å²) in [5.74, 6) is 0. The van der Waals surface area contributed by atoms with Crippen molar-refractivity contribution in [3.05, 3.63) is 64.7 Å². The highest BCUT2D eigenvalue weighted by Crippen LogP contribution is 2.23. The maximum atomic E-state index is 5.86. The number of ether oxygens (including phenoxy) is 2. The number of benzene rings is 2. The number of hydrogen-bond acceptors (Lipinski definition) is 3. The quantitative estimate of drug-likeness (QED) is 0.923. The van der Waals surface area contributed by atoms with Crippen LogP contribution in [-0.2, 0) is 16.0 Å². The third-order valence-electron chi connectivity index (χ3n) is 3.21. The Labute approximate surface area is 123 Å². The van der Waals surface area contributed by atoms with Crippen molar-refractivity contribution in [2.45, 2.75) is 12.8 Å². The Morgan fingerprint density at radius 3 is 2.25 bits per heavy atom. The Hall–Kier alpha value is -1.55. The highest BCUT2D eigenvalue weighted by atomic mass is 35.5. The van der Waals surface area contributed by atoms with Crippen molar-refractivity contribution in [3.63, 3.8) is 0 Å². The van der Waals surface area contributed by atoms with Gasteiger partial charge in [-0.05, 0) is 29.8 Å². The summed E-state index contributed by atoms with van der Waals surface area (Å²) in [6.07, 6.45) is -0.201. The van der Waals surface area contributed by atoms with Crippen LogP contribution in [0.1, 0.15) is 17.4 Å². The molecule has 0 atom stereocenters. The summed E-state index contributed by atoms with van der Waals surface area (Å²) in [7, 11) is 0. The zero-order chi connectivity index (χ0) is 13.8. The van der Waals surface area contributed by atoms with Crippen LogP contribution in [0.4, 0.5) is 5.69 Å². The maximum Gasteiger partial charge on any atom is 0.184 e. The van der Waals surface area contributed by atoms with Gasteiger partial charge in [-0.25, -0.2) is 0 Å². The van der Waals surface area contributed by atoms with Crippen molar-refractivity contribution in [3.8, 4) is 0 Å². The first kappa shape index (κ1) is 13.4. The van der Waals surface area contributed by atoms with Gasteiger partial charge in [0.05, 0.1) is 13.2 Å². The van der Waals surface area contributed by atoms with Crippen LogP contribution in [0.15, 0.2) is 48.5 Å². The zero-order valence-electron chi connectivity index (χ0n) is 11.0. The monoisotopic (exact) mass is 289 g/mol. The minimum Gasteiger partial charge on any atom is -0.381 e. The summed E-state index contributed by atoms with van der Waals surface area (Å²) < 4.78 is 10.9. The van der Waals surface area contributed by atoms with Gasteiger partial charge in [0.2, 0.25) is 0 Å². The smallest absolute Gasteiger partial charge is 0.184 e. The Bertz CT molecular complexity index is 548. The molecule has 2 aromatic carbocycles. The lowest BCUT2D eigenvalue weighted by atomic mass is 10.1. The van der Waals surface area contributed by atoms with Gasteiger partial charge in [-0.15, -0.1) is 0 Å². The first-order valence-electron chi connectivity index (χ1n) is 6.63. The summed E-state index contributed by atoms with van der Waals surface area (Å²) >= 11 is 5.86. The molecule has 1 heterocycles. The summed E-state index contributed by atoms with van der Waals surface area (Å²) in [4.78, 5) is 0. The fourth-order valence-corrected chi connectivity index (χ4v) is 2.24. The van der Waals surface area contributed by atoms with Crippen LogP contribution in [0.2, 0.25) is 5.02 Å². The van der Waals surface area contributed by atoms with E-state index in [4.69, 9.17) is 21.1 Å². The SMILES string of the molecule is Clc1ccc(NCc2ccc(C3OCCO3)cc2)cc1. The van der Waals surface area contributed by atoms with Crippen molar-refractivity contribution >= 4 is 17.3 Å². The van der Waals surface area contributed by atoms with Gasteiger partial charge < -0.3 is 14.8 Å². The lowest BCUT2D eigenvalue weighted by Gasteiger charge is -2.11. The average molecular weight is 290 g/mol. The molecular weight excluding hydrogens is 274 g/mol. The zero-order valence-corrected chi connectivity index (χ0v) is 11.8. The third-order valence-corrected chi connectivity index (χ3v) is 3.47. The highest BCUT2D eigenvalue weighted by Gasteiger charge is 2.17. The lowest BCUT2D eigenvalue weighted by Crippen LogP contribution is -2.01. The molecule has 0 unspecified atom stereocenters. The Morgan fingerprint density at radius 1 is 0.950 bits per heavy atom. The van der Waals surface area contributed by atoms with Crippen LogP contribution in [0, 0.1) is 0 Å². The maximum absolute atomic E-state index is 5.86. The van der Waals surface area contributed by atoms with Crippen LogP contribution < -0.4 is 5.32 Å². The van der Waals surface area contributed by atoms with Gasteiger partial charge in [-0.2, -0.15) is 0 Å². The van der Waals surface area contributed by atoms with Crippen LogP contribution in [0.3, 0.4) is 0 Å². The van der Waals surface area contributed by atoms with Gasteiger partial charge in [0.1, 0.15) is 0 Å². The average Bonchev–Trinajstić information content (AvgIpc) is 3.01. The summed E-state index contributed by atoms with van der Waals surface area (Å²) in [6, 6.07) is 16.0. The molecule has 0 aromatic heterocycles. The molecule has 0 saturated carbocycles. The van der Waals surface area contributed by atoms with E-state index >= 15 is 0 Å². The topological polar surface area (TPSA) is 30.5 Å². The molecular formula is C16H16ClNO2. The predicted molar refractivity (Wildman–Crippen MR) is 79.9 cm³/mol. The van der Waals surface area contributed by atoms with E-state index in [1.165, 1.54) is 5.56 Å². The fourth-order valence-electron chi connectivity index (χ4n) is 2.12. The third kappa shape index (κ3) is 3.31. The first-order valence-corrected chi connectivity index (χ1v) is 7.00. The summed E-state index contributed by atoms with van der Waals surface area (Å²) in [5.41, 5.74) is 3.33. The van der Waals surface area contributed by atoms with E-state index in [0.29, 0.717) is 13.2 Å². The van der Waals surface area contributed by atoms with Crippen LogP contribution >= 0.6 is 11.6 Å². The molecule has 0 amide bonds. The Balaban J connectivity index is 1.59. The fraction of sp³-hybridized carbons (Fsp3) is 0.250. The lowest BCUT2D eigenvalue weighted by molar-refractivity contribution is -0.0441. The van der Waals surface area contributed by atoms with Crippen molar-refractivity contribution in [1.29, 1.82) is 0 Å². The van der Waals surface area contributed by atoms with Gasteiger partial charge >= 0.3 is 0 Å². The molecule has 1 N–H and O–H groups in total. The molecule has 1 aliphatic rings. The molecule has 0 radical (unpaired) electrons. The minimum absolute atomic E-state index is 0.201. The van der Waals surface area contributed by atoms with E-state index in [1.54, 1.807) is 0 Å². The molecule has 104 valence electrons. The molecule has 20 heavy (non-hydrogen) atoms. The molecule has 3 rings (SSSR count).